The van der Waals surface area contributed by atoms with E-state index in [9.17, 15) is 10.1 Å². The van der Waals surface area contributed by atoms with Gasteiger partial charge in [0.25, 0.3) is 5.69 Å². The molecular formula is C11H11ClN2O2S. The Bertz CT molecular complexity index is 601. The molecule has 0 saturated carbocycles. The van der Waals surface area contributed by atoms with Crippen LogP contribution in [0.25, 0.3) is 10.2 Å². The normalized spacial score (nSPS) is 12.0. The molecule has 0 aliphatic rings. The molecule has 0 atom stereocenters. The van der Waals surface area contributed by atoms with E-state index in [1.165, 1.54) is 17.4 Å². The van der Waals surface area contributed by atoms with Gasteiger partial charge in [-0.15, -0.1) is 11.3 Å². The summed E-state index contributed by atoms with van der Waals surface area (Å²) in [6.07, 6.45) is 0. The van der Waals surface area contributed by atoms with E-state index in [1.807, 2.05) is 0 Å². The van der Waals surface area contributed by atoms with Crippen molar-refractivity contribution in [2.75, 3.05) is 0 Å². The molecule has 1 heterocycles. The summed E-state index contributed by atoms with van der Waals surface area (Å²) < 4.78 is 0.797. The molecule has 6 heteroatoms. The predicted molar refractivity (Wildman–Crippen MR) is 70.0 cm³/mol. The summed E-state index contributed by atoms with van der Waals surface area (Å²) in [7, 11) is 0. The Kier molecular flexibility index (Phi) is 2.83. The summed E-state index contributed by atoms with van der Waals surface area (Å²) in [6, 6.07) is 3.05. The Morgan fingerprint density at radius 3 is 2.59 bits per heavy atom. The Hall–Kier alpha value is -1.20. The third kappa shape index (κ3) is 2.25. The van der Waals surface area contributed by atoms with Crippen molar-refractivity contribution >= 4 is 38.8 Å². The van der Waals surface area contributed by atoms with Gasteiger partial charge < -0.3 is 0 Å². The maximum absolute atomic E-state index is 10.8. The van der Waals surface area contributed by atoms with E-state index in [0.717, 1.165) is 15.2 Å². The number of fused-ring (bicyclic) bond motifs is 1. The fourth-order valence-corrected chi connectivity index (χ4v) is 2.66. The zero-order valence-corrected chi connectivity index (χ0v) is 11.2. The molecule has 2 aromatic rings. The molecule has 1 aromatic heterocycles. The number of hydrogen-bond acceptors (Lipinski definition) is 4. The third-order valence-corrected chi connectivity index (χ3v) is 4.04. The molecule has 0 bridgehead atoms. The molecule has 17 heavy (non-hydrogen) atoms. The van der Waals surface area contributed by atoms with Gasteiger partial charge in [-0.05, 0) is 6.07 Å². The first kappa shape index (κ1) is 12.3. The van der Waals surface area contributed by atoms with Gasteiger partial charge in [-0.2, -0.15) is 0 Å². The highest BCUT2D eigenvalue weighted by Crippen LogP contribution is 2.36. The van der Waals surface area contributed by atoms with Crippen LogP contribution < -0.4 is 0 Å². The number of nitrogens with zero attached hydrogens (tertiary/aromatic N) is 2. The topological polar surface area (TPSA) is 56.0 Å². The van der Waals surface area contributed by atoms with Crippen LogP contribution in [-0.4, -0.2) is 9.91 Å². The third-order valence-electron chi connectivity index (χ3n) is 2.30. The van der Waals surface area contributed by atoms with Crippen molar-refractivity contribution in [3.63, 3.8) is 0 Å². The van der Waals surface area contributed by atoms with Crippen LogP contribution in [-0.2, 0) is 5.41 Å². The minimum atomic E-state index is -0.474. The Labute approximate surface area is 107 Å². The first-order chi connectivity index (χ1) is 7.79. The van der Waals surface area contributed by atoms with Gasteiger partial charge in [0.1, 0.15) is 5.02 Å². The van der Waals surface area contributed by atoms with Crippen LogP contribution in [0.4, 0.5) is 5.69 Å². The van der Waals surface area contributed by atoms with Crippen LogP contribution in [0.2, 0.25) is 5.02 Å². The van der Waals surface area contributed by atoms with Crippen molar-refractivity contribution in [3.05, 3.63) is 32.3 Å². The highest BCUT2D eigenvalue weighted by molar-refractivity contribution is 7.18. The van der Waals surface area contributed by atoms with Crippen LogP contribution in [0.15, 0.2) is 12.1 Å². The second kappa shape index (κ2) is 3.92. The van der Waals surface area contributed by atoms with Crippen LogP contribution in [0.3, 0.4) is 0 Å². The molecule has 0 amide bonds. The van der Waals surface area contributed by atoms with Crippen molar-refractivity contribution in [1.29, 1.82) is 0 Å². The van der Waals surface area contributed by atoms with Gasteiger partial charge in [-0.1, -0.05) is 32.4 Å². The molecule has 0 N–H and O–H groups in total. The molecular weight excluding hydrogens is 260 g/mol. The van der Waals surface area contributed by atoms with Gasteiger partial charge in [0.15, 0.2) is 0 Å². The second-order valence-corrected chi connectivity index (χ2v) is 6.24. The van der Waals surface area contributed by atoms with Crippen molar-refractivity contribution in [1.82, 2.24) is 4.98 Å². The van der Waals surface area contributed by atoms with Crippen LogP contribution in [0.5, 0.6) is 0 Å². The largest absolute Gasteiger partial charge is 0.289 e. The van der Waals surface area contributed by atoms with Crippen molar-refractivity contribution in [2.45, 2.75) is 26.2 Å². The second-order valence-electron chi connectivity index (χ2n) is 4.80. The van der Waals surface area contributed by atoms with Gasteiger partial charge in [0.2, 0.25) is 0 Å². The Morgan fingerprint density at radius 2 is 2.06 bits per heavy atom. The fourth-order valence-electron chi connectivity index (χ4n) is 1.40. The molecule has 0 spiro atoms. The van der Waals surface area contributed by atoms with E-state index in [2.05, 4.69) is 25.8 Å². The lowest BCUT2D eigenvalue weighted by atomic mass is 9.98. The van der Waals surface area contributed by atoms with Crippen molar-refractivity contribution < 1.29 is 4.92 Å². The molecule has 1 aromatic carbocycles. The quantitative estimate of drug-likeness (QED) is 0.578. The minimum absolute atomic E-state index is 0.0645. The van der Waals surface area contributed by atoms with Crippen molar-refractivity contribution in [2.24, 2.45) is 0 Å². The van der Waals surface area contributed by atoms with Crippen LogP contribution in [0.1, 0.15) is 25.8 Å². The first-order valence-electron chi connectivity index (χ1n) is 5.04. The molecule has 0 saturated heterocycles. The zero-order chi connectivity index (χ0) is 12.8. The Balaban J connectivity index is 2.67. The summed E-state index contributed by atoms with van der Waals surface area (Å²) in [4.78, 5) is 14.8. The maximum atomic E-state index is 10.8. The Morgan fingerprint density at radius 1 is 1.41 bits per heavy atom. The number of aromatic nitrogens is 1. The number of halogens is 1. The molecule has 2 rings (SSSR count). The summed E-state index contributed by atoms with van der Waals surface area (Å²) in [5.41, 5.74) is 0.587. The molecule has 0 unspecified atom stereocenters. The van der Waals surface area contributed by atoms with E-state index in [0.29, 0.717) is 0 Å². The molecule has 4 nitrogen and oxygen atoms in total. The number of nitro groups is 1. The average molecular weight is 271 g/mol. The monoisotopic (exact) mass is 270 g/mol. The van der Waals surface area contributed by atoms with Gasteiger partial charge in [-0.25, -0.2) is 4.98 Å². The number of rotatable bonds is 1. The maximum Gasteiger partial charge on any atom is 0.289 e. The number of nitro benzene ring substituents is 1. The lowest BCUT2D eigenvalue weighted by Crippen LogP contribution is -2.09. The lowest BCUT2D eigenvalue weighted by molar-refractivity contribution is -0.384. The van der Waals surface area contributed by atoms with Crippen LogP contribution >= 0.6 is 22.9 Å². The van der Waals surface area contributed by atoms with E-state index in [4.69, 9.17) is 11.6 Å². The minimum Gasteiger partial charge on any atom is -0.258 e. The number of benzene rings is 1. The van der Waals surface area contributed by atoms with Gasteiger partial charge in [0, 0.05) is 11.5 Å². The van der Waals surface area contributed by atoms with Crippen molar-refractivity contribution in [3.8, 4) is 0 Å². The molecule has 0 aliphatic heterocycles. The summed E-state index contributed by atoms with van der Waals surface area (Å²) in [5.74, 6) is 0. The zero-order valence-electron chi connectivity index (χ0n) is 9.65. The molecule has 0 fully saturated rings. The lowest BCUT2D eigenvalue weighted by Gasteiger charge is -2.13. The van der Waals surface area contributed by atoms with Gasteiger partial charge >= 0.3 is 0 Å². The number of thiazole rings is 1. The average Bonchev–Trinajstić information content (AvgIpc) is 2.58. The number of hydrogen-bond donors (Lipinski definition) is 0. The highest BCUT2D eigenvalue weighted by Gasteiger charge is 2.21. The smallest absolute Gasteiger partial charge is 0.258 e. The van der Waals surface area contributed by atoms with E-state index < -0.39 is 4.92 Å². The molecule has 90 valence electrons. The molecule has 0 aliphatic carbocycles. The summed E-state index contributed by atoms with van der Waals surface area (Å²) >= 11 is 7.31. The summed E-state index contributed by atoms with van der Waals surface area (Å²) in [6.45, 7) is 6.17. The van der Waals surface area contributed by atoms with E-state index in [-0.39, 0.29) is 16.1 Å². The van der Waals surface area contributed by atoms with E-state index >= 15 is 0 Å². The van der Waals surface area contributed by atoms with Gasteiger partial charge in [0.05, 0.1) is 20.1 Å². The summed E-state index contributed by atoms with van der Waals surface area (Å²) in [5, 5.41) is 11.9. The van der Waals surface area contributed by atoms with E-state index in [1.54, 1.807) is 6.07 Å². The molecule has 0 radical (unpaired) electrons. The predicted octanol–water partition coefficient (Wildman–Crippen LogP) is 4.16. The fraction of sp³-hybridized carbons (Fsp3) is 0.364. The SMILES string of the molecule is CC(C)(C)c1nc2cc(Cl)c([N+](=O)[O-])cc2s1. The standard InChI is InChI=1S/C11H11ClN2O2S/c1-11(2,3)10-13-7-4-6(12)8(14(15)16)5-9(7)17-10/h4-5H,1-3H3. The van der Waals surface area contributed by atoms with Gasteiger partial charge in [-0.3, -0.25) is 10.1 Å². The highest BCUT2D eigenvalue weighted by atomic mass is 35.5. The first-order valence-corrected chi connectivity index (χ1v) is 6.23. The van der Waals surface area contributed by atoms with Crippen LogP contribution in [0, 0.1) is 10.1 Å².